The second-order valence-electron chi connectivity index (χ2n) is 11.5. The van der Waals surface area contributed by atoms with Gasteiger partial charge in [0.2, 0.25) is 5.91 Å². The zero-order valence-electron chi connectivity index (χ0n) is 24.0. The van der Waals surface area contributed by atoms with E-state index in [1.807, 2.05) is 36.4 Å². The smallest absolute Gasteiger partial charge is 0.410 e. The Bertz CT molecular complexity index is 1260. The molecule has 0 spiro atoms. The number of benzene rings is 2. The van der Waals surface area contributed by atoms with Crippen molar-refractivity contribution in [1.82, 2.24) is 9.80 Å². The predicted octanol–water partition coefficient (Wildman–Crippen LogP) is 4.18. The van der Waals surface area contributed by atoms with Crippen LogP contribution in [-0.2, 0) is 35.5 Å². The van der Waals surface area contributed by atoms with Gasteiger partial charge in [-0.3, -0.25) is 9.59 Å². The van der Waals surface area contributed by atoms with Gasteiger partial charge in [-0.05, 0) is 45.7 Å². The lowest BCUT2D eigenvalue weighted by Crippen LogP contribution is -2.57. The summed E-state index contributed by atoms with van der Waals surface area (Å²) in [5.74, 6) is -2.13. The van der Waals surface area contributed by atoms with Crippen molar-refractivity contribution in [2.24, 2.45) is 0 Å². The summed E-state index contributed by atoms with van der Waals surface area (Å²) in [5.41, 5.74) is 0.874. The van der Waals surface area contributed by atoms with Crippen LogP contribution in [0.25, 0.3) is 0 Å². The molecule has 0 bridgehead atoms. The molecule has 1 unspecified atom stereocenters. The number of hydrogen-bond donors (Lipinski definition) is 0. The Morgan fingerprint density at radius 1 is 0.825 bits per heavy atom. The summed E-state index contributed by atoms with van der Waals surface area (Å²) >= 11 is 0. The summed E-state index contributed by atoms with van der Waals surface area (Å²) in [5, 5.41) is 0. The number of amides is 2. The highest BCUT2D eigenvalue weighted by Gasteiger charge is 2.46. The summed E-state index contributed by atoms with van der Waals surface area (Å²) in [6, 6.07) is 18.2. The molecule has 1 aliphatic rings. The number of carbonyl (C=O) groups excluding carboxylic acids is 3. The van der Waals surface area contributed by atoms with Crippen molar-refractivity contribution in [3.63, 3.8) is 0 Å². The number of rotatable bonds is 9. The van der Waals surface area contributed by atoms with E-state index in [1.165, 1.54) is 23.6 Å². The predicted molar refractivity (Wildman–Crippen MR) is 152 cm³/mol. The maximum atomic E-state index is 13.7. The van der Waals surface area contributed by atoms with Crippen molar-refractivity contribution >= 4 is 27.8 Å². The number of esters is 1. The molecule has 1 atom stereocenters. The lowest BCUT2D eigenvalue weighted by Gasteiger charge is -2.39. The number of nitrogens with zero attached hydrogens (tertiary/aromatic N) is 2. The van der Waals surface area contributed by atoms with Crippen LogP contribution in [0.1, 0.15) is 58.1 Å². The fourth-order valence-corrected chi connectivity index (χ4v) is 6.05. The zero-order valence-corrected chi connectivity index (χ0v) is 24.8. The normalized spacial score (nSPS) is 15.3. The second-order valence-corrected chi connectivity index (χ2v) is 14.1. The van der Waals surface area contributed by atoms with E-state index in [-0.39, 0.29) is 39.2 Å². The minimum atomic E-state index is -4.03. The third-order valence-electron chi connectivity index (χ3n) is 6.86. The Morgan fingerprint density at radius 3 is 1.90 bits per heavy atom. The quantitative estimate of drug-likeness (QED) is 0.415. The molecule has 218 valence electrons. The topological polar surface area (TPSA) is 110 Å². The van der Waals surface area contributed by atoms with Crippen molar-refractivity contribution < 1.29 is 32.3 Å². The molecule has 1 aliphatic heterocycles. The van der Waals surface area contributed by atoms with Crippen LogP contribution in [-0.4, -0.2) is 78.5 Å². The van der Waals surface area contributed by atoms with Gasteiger partial charge >= 0.3 is 12.1 Å². The van der Waals surface area contributed by atoms with Gasteiger partial charge in [0.25, 0.3) is 0 Å². The molecule has 0 radical (unpaired) electrons. The first-order valence-corrected chi connectivity index (χ1v) is 15.1. The SMILES string of the molecule is CC(C)(C)OC(=O)N1CCN(C(=O)C(C)(C)S(=O)(=O)CC(CC(=O)OCc2ccccc2)c2ccccc2)CC1. The van der Waals surface area contributed by atoms with Gasteiger partial charge in [-0.1, -0.05) is 60.7 Å². The van der Waals surface area contributed by atoms with E-state index < -0.39 is 49.8 Å². The van der Waals surface area contributed by atoms with Gasteiger partial charge in [0.1, 0.15) is 17.0 Å². The second kappa shape index (κ2) is 12.8. The largest absolute Gasteiger partial charge is 0.461 e. The van der Waals surface area contributed by atoms with Crippen LogP contribution in [0.15, 0.2) is 60.7 Å². The average molecular weight is 573 g/mol. The molecule has 2 amide bonds. The molecule has 10 heteroatoms. The minimum Gasteiger partial charge on any atom is -0.461 e. The van der Waals surface area contributed by atoms with Gasteiger partial charge in [-0.15, -0.1) is 0 Å². The van der Waals surface area contributed by atoms with Crippen LogP contribution < -0.4 is 0 Å². The molecule has 1 saturated heterocycles. The number of ether oxygens (including phenoxy) is 2. The molecule has 0 aliphatic carbocycles. The molecule has 2 aromatic rings. The first-order valence-electron chi connectivity index (χ1n) is 13.4. The van der Waals surface area contributed by atoms with Crippen molar-refractivity contribution in [2.45, 2.75) is 63.9 Å². The highest BCUT2D eigenvalue weighted by molar-refractivity contribution is 7.93. The molecule has 0 N–H and O–H groups in total. The maximum absolute atomic E-state index is 13.7. The van der Waals surface area contributed by atoms with Crippen LogP contribution in [0.3, 0.4) is 0 Å². The molecule has 1 heterocycles. The summed E-state index contributed by atoms with van der Waals surface area (Å²) < 4.78 is 36.6. The Balaban J connectivity index is 1.68. The molecular weight excluding hydrogens is 532 g/mol. The van der Waals surface area contributed by atoms with E-state index in [0.29, 0.717) is 5.56 Å². The lowest BCUT2D eigenvalue weighted by molar-refractivity contribution is -0.145. The van der Waals surface area contributed by atoms with Crippen molar-refractivity contribution in [2.75, 3.05) is 31.9 Å². The first-order chi connectivity index (χ1) is 18.7. The molecule has 9 nitrogen and oxygen atoms in total. The molecule has 0 saturated carbocycles. The van der Waals surface area contributed by atoms with Gasteiger partial charge in [-0.25, -0.2) is 13.2 Å². The zero-order chi connectivity index (χ0) is 29.6. The Hall–Kier alpha value is -3.40. The van der Waals surface area contributed by atoms with E-state index in [4.69, 9.17) is 9.47 Å². The summed E-state index contributed by atoms with van der Waals surface area (Å²) in [6.45, 7) is 9.13. The third-order valence-corrected chi connectivity index (χ3v) is 9.43. The Kier molecular flexibility index (Phi) is 10.00. The van der Waals surface area contributed by atoms with Crippen molar-refractivity contribution in [3.05, 3.63) is 71.8 Å². The summed E-state index contributed by atoms with van der Waals surface area (Å²) in [7, 11) is -4.03. The van der Waals surface area contributed by atoms with Crippen LogP contribution in [0.2, 0.25) is 0 Å². The van der Waals surface area contributed by atoms with Gasteiger partial charge in [0, 0.05) is 32.1 Å². The fraction of sp³-hybridized carbons (Fsp3) is 0.500. The molecule has 2 aromatic carbocycles. The van der Waals surface area contributed by atoms with E-state index >= 15 is 0 Å². The average Bonchev–Trinajstić information content (AvgIpc) is 2.91. The van der Waals surface area contributed by atoms with E-state index in [1.54, 1.807) is 45.0 Å². The molecule has 3 rings (SSSR count). The monoisotopic (exact) mass is 572 g/mol. The summed E-state index contributed by atoms with van der Waals surface area (Å²) in [6.07, 6.45) is -0.606. The van der Waals surface area contributed by atoms with E-state index in [9.17, 15) is 22.8 Å². The molecule has 1 fully saturated rings. The molecule has 0 aromatic heterocycles. The highest BCUT2D eigenvalue weighted by atomic mass is 32.2. The Morgan fingerprint density at radius 2 is 1.35 bits per heavy atom. The number of hydrogen-bond acceptors (Lipinski definition) is 7. The van der Waals surface area contributed by atoms with Crippen molar-refractivity contribution in [3.8, 4) is 0 Å². The van der Waals surface area contributed by atoms with E-state index in [0.717, 1.165) is 5.56 Å². The van der Waals surface area contributed by atoms with E-state index in [2.05, 4.69) is 0 Å². The lowest BCUT2D eigenvalue weighted by atomic mass is 9.98. The van der Waals surface area contributed by atoms with Gasteiger partial charge in [-0.2, -0.15) is 0 Å². The van der Waals surface area contributed by atoms with Crippen LogP contribution in [0, 0.1) is 0 Å². The van der Waals surface area contributed by atoms with Crippen LogP contribution >= 0.6 is 0 Å². The minimum absolute atomic E-state index is 0.0905. The summed E-state index contributed by atoms with van der Waals surface area (Å²) in [4.78, 5) is 41.6. The number of piperazine rings is 1. The molecular formula is C30H40N2O7S. The van der Waals surface area contributed by atoms with Gasteiger partial charge < -0.3 is 19.3 Å². The van der Waals surface area contributed by atoms with Crippen LogP contribution in [0.5, 0.6) is 0 Å². The number of sulfone groups is 1. The van der Waals surface area contributed by atoms with Crippen molar-refractivity contribution in [1.29, 1.82) is 0 Å². The fourth-order valence-electron chi connectivity index (χ4n) is 4.40. The maximum Gasteiger partial charge on any atom is 0.410 e. The standard InChI is InChI=1S/C30H40N2O7S/c1-29(2,3)39-28(35)32-18-16-31(17-19-32)27(34)30(4,5)40(36,37)22-25(24-14-10-7-11-15-24)20-26(33)38-21-23-12-8-6-9-13-23/h6-15,25H,16-22H2,1-5H3. The first kappa shape index (κ1) is 31.1. The molecule has 40 heavy (non-hydrogen) atoms. The third kappa shape index (κ3) is 8.30. The van der Waals surface area contributed by atoms with Crippen LogP contribution in [0.4, 0.5) is 4.79 Å². The van der Waals surface area contributed by atoms with Gasteiger partial charge in [0.15, 0.2) is 9.84 Å². The van der Waals surface area contributed by atoms with Gasteiger partial charge in [0.05, 0.1) is 12.2 Å². The number of carbonyl (C=O) groups is 3. The highest BCUT2D eigenvalue weighted by Crippen LogP contribution is 2.30. The Labute approximate surface area is 237 Å².